The lowest BCUT2D eigenvalue weighted by Crippen LogP contribution is -1.94. The van der Waals surface area contributed by atoms with E-state index in [-0.39, 0.29) is 6.42 Å². The van der Waals surface area contributed by atoms with Gasteiger partial charge in [0.25, 0.3) is 0 Å². The average molecular weight is 216 g/mol. The summed E-state index contributed by atoms with van der Waals surface area (Å²) in [6, 6.07) is 1.44. The molecule has 0 heterocycles. The van der Waals surface area contributed by atoms with Crippen LogP contribution in [0.25, 0.3) is 6.08 Å². The van der Waals surface area contributed by atoms with Crippen molar-refractivity contribution in [2.45, 2.75) is 6.42 Å². The maximum atomic E-state index is 13.0. The molecule has 1 rings (SSSR count). The zero-order valence-electron chi connectivity index (χ0n) is 7.51. The maximum Gasteiger partial charge on any atom is 0.307 e. The third kappa shape index (κ3) is 2.83. The highest BCUT2D eigenvalue weighted by Crippen LogP contribution is 2.17. The Morgan fingerprint density at radius 3 is 2.47 bits per heavy atom. The van der Waals surface area contributed by atoms with Gasteiger partial charge in [-0.1, -0.05) is 12.2 Å². The van der Waals surface area contributed by atoms with E-state index < -0.39 is 29.0 Å². The van der Waals surface area contributed by atoms with Crippen molar-refractivity contribution >= 4 is 12.0 Å². The number of carboxylic acid groups (broad SMARTS) is 1. The molecule has 0 aliphatic rings. The molecule has 0 aliphatic carbocycles. The van der Waals surface area contributed by atoms with Gasteiger partial charge in [0.2, 0.25) is 0 Å². The van der Waals surface area contributed by atoms with E-state index in [1.54, 1.807) is 0 Å². The van der Waals surface area contributed by atoms with Crippen LogP contribution in [0.2, 0.25) is 0 Å². The fourth-order valence-electron chi connectivity index (χ4n) is 0.973. The highest BCUT2D eigenvalue weighted by atomic mass is 19.2. The van der Waals surface area contributed by atoms with E-state index in [9.17, 15) is 18.0 Å². The lowest BCUT2D eigenvalue weighted by atomic mass is 10.1. The minimum absolute atomic E-state index is 0.380. The van der Waals surface area contributed by atoms with Crippen molar-refractivity contribution < 1.29 is 23.1 Å². The van der Waals surface area contributed by atoms with Gasteiger partial charge in [0.15, 0.2) is 11.6 Å². The van der Waals surface area contributed by atoms with Gasteiger partial charge in [-0.15, -0.1) is 0 Å². The first kappa shape index (κ1) is 11.3. The first-order valence-corrected chi connectivity index (χ1v) is 4.04. The van der Waals surface area contributed by atoms with Gasteiger partial charge in [0, 0.05) is 5.56 Å². The molecule has 0 spiro atoms. The third-order valence-corrected chi connectivity index (χ3v) is 1.66. The van der Waals surface area contributed by atoms with Crippen molar-refractivity contribution in [1.82, 2.24) is 0 Å². The molecule has 1 N–H and O–H groups in total. The van der Waals surface area contributed by atoms with Crippen LogP contribution in [-0.2, 0) is 4.79 Å². The van der Waals surface area contributed by atoms with E-state index in [0.717, 1.165) is 18.2 Å². The second-order valence-electron chi connectivity index (χ2n) is 2.76. The van der Waals surface area contributed by atoms with Gasteiger partial charge in [0.05, 0.1) is 6.42 Å². The summed E-state index contributed by atoms with van der Waals surface area (Å²) in [7, 11) is 0. The lowest BCUT2D eigenvalue weighted by Gasteiger charge is -1.99. The molecule has 0 fully saturated rings. The minimum Gasteiger partial charge on any atom is -0.481 e. The molecule has 0 aliphatic heterocycles. The zero-order valence-corrected chi connectivity index (χ0v) is 7.51. The Labute approximate surface area is 83.7 Å². The normalized spacial score (nSPS) is 10.9. The monoisotopic (exact) mass is 216 g/mol. The Morgan fingerprint density at radius 2 is 1.87 bits per heavy atom. The molecule has 5 heteroatoms. The highest BCUT2D eigenvalue weighted by molar-refractivity contribution is 5.70. The minimum atomic E-state index is -1.32. The van der Waals surface area contributed by atoms with Crippen molar-refractivity contribution in [2.24, 2.45) is 0 Å². The second kappa shape index (κ2) is 4.63. The maximum absolute atomic E-state index is 13.0. The molecule has 0 saturated heterocycles. The number of halogens is 3. The Hall–Kier alpha value is -1.78. The summed E-state index contributed by atoms with van der Waals surface area (Å²) in [6.45, 7) is 0. The summed E-state index contributed by atoms with van der Waals surface area (Å²) in [5.74, 6) is -4.57. The summed E-state index contributed by atoms with van der Waals surface area (Å²) in [5, 5.41) is 8.27. The van der Waals surface area contributed by atoms with Gasteiger partial charge >= 0.3 is 5.97 Å². The largest absolute Gasteiger partial charge is 0.481 e. The smallest absolute Gasteiger partial charge is 0.307 e. The van der Waals surface area contributed by atoms with Gasteiger partial charge in [-0.2, -0.15) is 0 Å². The van der Waals surface area contributed by atoms with E-state index in [1.807, 2.05) is 0 Å². The Balaban J connectivity index is 2.98. The average Bonchev–Trinajstić information content (AvgIpc) is 2.17. The van der Waals surface area contributed by atoms with Crippen LogP contribution in [0.5, 0.6) is 0 Å². The van der Waals surface area contributed by atoms with Crippen LogP contribution >= 0.6 is 0 Å². The van der Waals surface area contributed by atoms with Crippen LogP contribution < -0.4 is 0 Å². The number of aliphatic carboxylic acids is 1. The number of benzene rings is 1. The Bertz CT molecular complexity index is 413. The first-order chi connectivity index (χ1) is 7.02. The summed E-state index contributed by atoms with van der Waals surface area (Å²) < 4.78 is 38.6. The lowest BCUT2D eigenvalue weighted by molar-refractivity contribution is -0.135. The Morgan fingerprint density at radius 1 is 1.27 bits per heavy atom. The van der Waals surface area contributed by atoms with Crippen molar-refractivity contribution in [1.29, 1.82) is 0 Å². The fourth-order valence-corrected chi connectivity index (χ4v) is 0.973. The molecule has 80 valence electrons. The van der Waals surface area contributed by atoms with Gasteiger partial charge in [-0.05, 0) is 12.1 Å². The molecule has 1 aromatic carbocycles. The molecule has 1 aromatic rings. The number of hydrogen-bond acceptors (Lipinski definition) is 1. The molecule has 0 saturated carbocycles. The quantitative estimate of drug-likeness (QED) is 0.788. The van der Waals surface area contributed by atoms with E-state index >= 15 is 0 Å². The number of rotatable bonds is 3. The van der Waals surface area contributed by atoms with Crippen molar-refractivity contribution in [3.05, 3.63) is 41.2 Å². The summed E-state index contributed by atoms with van der Waals surface area (Å²) in [6.07, 6.45) is 1.57. The highest BCUT2D eigenvalue weighted by Gasteiger charge is 2.10. The molecule has 0 aromatic heterocycles. The van der Waals surface area contributed by atoms with Crippen molar-refractivity contribution in [3.63, 3.8) is 0 Å². The standard InChI is InChI=1S/C10H7F3O2/c11-7-4-5-8(12)10(13)6(7)2-1-3-9(14)15/h1-2,4-5H,3H2,(H,14,15). The summed E-state index contributed by atoms with van der Waals surface area (Å²) in [5.41, 5.74) is -0.573. The van der Waals surface area contributed by atoms with Crippen LogP contribution in [0.1, 0.15) is 12.0 Å². The first-order valence-electron chi connectivity index (χ1n) is 4.04. The third-order valence-electron chi connectivity index (χ3n) is 1.66. The van der Waals surface area contributed by atoms with Crippen LogP contribution in [0.3, 0.4) is 0 Å². The SMILES string of the molecule is O=C(O)CC=Cc1c(F)ccc(F)c1F. The molecule has 15 heavy (non-hydrogen) atoms. The topological polar surface area (TPSA) is 37.3 Å². The second-order valence-corrected chi connectivity index (χ2v) is 2.76. The molecule has 0 atom stereocenters. The molecular weight excluding hydrogens is 209 g/mol. The van der Waals surface area contributed by atoms with E-state index in [1.165, 1.54) is 0 Å². The van der Waals surface area contributed by atoms with E-state index in [2.05, 4.69) is 0 Å². The van der Waals surface area contributed by atoms with E-state index in [4.69, 9.17) is 5.11 Å². The number of carboxylic acids is 1. The van der Waals surface area contributed by atoms with Crippen LogP contribution in [0, 0.1) is 17.5 Å². The molecule has 0 bridgehead atoms. The van der Waals surface area contributed by atoms with E-state index in [0.29, 0.717) is 6.07 Å². The van der Waals surface area contributed by atoms with Gasteiger partial charge in [-0.25, -0.2) is 13.2 Å². The predicted molar refractivity (Wildman–Crippen MR) is 47.6 cm³/mol. The van der Waals surface area contributed by atoms with Crippen LogP contribution in [0.15, 0.2) is 18.2 Å². The molecule has 2 nitrogen and oxygen atoms in total. The molecule has 0 amide bonds. The molecular formula is C10H7F3O2. The molecule has 0 radical (unpaired) electrons. The molecule has 0 unspecified atom stereocenters. The van der Waals surface area contributed by atoms with Crippen LogP contribution in [0.4, 0.5) is 13.2 Å². The van der Waals surface area contributed by atoms with Crippen LogP contribution in [-0.4, -0.2) is 11.1 Å². The fraction of sp³-hybridized carbons (Fsp3) is 0.100. The number of carbonyl (C=O) groups is 1. The van der Waals surface area contributed by atoms with Crippen molar-refractivity contribution in [2.75, 3.05) is 0 Å². The Kier molecular flexibility index (Phi) is 3.49. The summed E-state index contributed by atoms with van der Waals surface area (Å²) >= 11 is 0. The van der Waals surface area contributed by atoms with Gasteiger partial charge < -0.3 is 5.11 Å². The summed E-state index contributed by atoms with van der Waals surface area (Å²) in [4.78, 5) is 10.1. The van der Waals surface area contributed by atoms with Gasteiger partial charge in [0.1, 0.15) is 5.82 Å². The zero-order chi connectivity index (χ0) is 11.4. The van der Waals surface area contributed by atoms with Gasteiger partial charge in [-0.3, -0.25) is 4.79 Å². The predicted octanol–water partition coefficient (Wildman–Crippen LogP) is 2.59. The van der Waals surface area contributed by atoms with Crippen molar-refractivity contribution in [3.8, 4) is 0 Å². The number of hydrogen-bond donors (Lipinski definition) is 1.